The molecule has 0 spiro atoms. The minimum absolute atomic E-state index is 0.0488. The van der Waals surface area contributed by atoms with Crippen molar-refractivity contribution in [3.63, 3.8) is 0 Å². The number of nitrogens with zero attached hydrogens (tertiary/aromatic N) is 6. The maximum Gasteiger partial charge on any atom is 0.433 e. The normalized spacial score (nSPS) is 15.5. The number of amides is 1. The van der Waals surface area contributed by atoms with E-state index in [0.29, 0.717) is 16.9 Å². The second-order valence-corrected chi connectivity index (χ2v) is 5.56. The van der Waals surface area contributed by atoms with E-state index in [2.05, 4.69) is 16.4 Å². The van der Waals surface area contributed by atoms with E-state index in [-0.39, 0.29) is 12.3 Å². The molecule has 1 aliphatic rings. The lowest BCUT2D eigenvalue weighted by Gasteiger charge is -2.24. The van der Waals surface area contributed by atoms with Gasteiger partial charge >= 0.3 is 5.88 Å². The summed E-state index contributed by atoms with van der Waals surface area (Å²) in [7, 11) is 0. The van der Waals surface area contributed by atoms with Crippen LogP contribution in [-0.4, -0.2) is 30.7 Å². The van der Waals surface area contributed by atoms with Crippen LogP contribution in [0.15, 0.2) is 47.0 Å². The number of aromatic nitrogens is 3. The Bertz CT molecular complexity index is 1060. The maximum atomic E-state index is 12.9. The minimum atomic E-state index is -0.912. The summed E-state index contributed by atoms with van der Waals surface area (Å²) in [6, 6.07) is 10.6. The number of hydrogen-bond donors (Lipinski definition) is 0. The molecule has 2 aromatic heterocycles. The van der Waals surface area contributed by atoms with Crippen molar-refractivity contribution in [1.29, 1.82) is 5.26 Å². The van der Waals surface area contributed by atoms with Gasteiger partial charge in [0.05, 0.1) is 36.3 Å². The largest absolute Gasteiger partial charge is 0.433 e. The first kappa shape index (κ1) is 15.5. The van der Waals surface area contributed by atoms with E-state index in [1.54, 1.807) is 28.9 Å². The number of carbonyl (C=O) groups excluding carboxylic acids is 1. The van der Waals surface area contributed by atoms with Crippen molar-refractivity contribution < 1.29 is 14.1 Å². The Morgan fingerprint density at radius 3 is 2.88 bits per heavy atom. The van der Waals surface area contributed by atoms with Gasteiger partial charge in [0.25, 0.3) is 5.91 Å². The number of para-hydroxylation sites is 1. The van der Waals surface area contributed by atoms with Crippen molar-refractivity contribution in [2.75, 3.05) is 0 Å². The van der Waals surface area contributed by atoms with Crippen LogP contribution in [0.25, 0.3) is 5.69 Å². The van der Waals surface area contributed by atoms with Crippen molar-refractivity contribution in [3.05, 3.63) is 69.7 Å². The zero-order chi connectivity index (χ0) is 18.3. The number of furan rings is 1. The number of carbonyl (C=O) groups is 1. The predicted octanol–water partition coefficient (Wildman–Crippen LogP) is 1.99. The monoisotopic (exact) mass is 350 g/mol. The number of fused-ring (bicyclic) bond motifs is 3. The lowest BCUT2D eigenvalue weighted by molar-refractivity contribution is -0.402. The summed E-state index contributed by atoms with van der Waals surface area (Å²) < 4.78 is 6.58. The highest BCUT2D eigenvalue weighted by Gasteiger charge is 2.34. The fourth-order valence-electron chi connectivity index (χ4n) is 2.92. The Balaban J connectivity index is 1.82. The summed E-state index contributed by atoms with van der Waals surface area (Å²) in [6.45, 7) is 0.0488. The molecule has 0 N–H and O–H groups in total. The summed E-state index contributed by atoms with van der Waals surface area (Å²) in [5.74, 6) is -1.38. The lowest BCUT2D eigenvalue weighted by Crippen LogP contribution is -2.33. The van der Waals surface area contributed by atoms with E-state index in [9.17, 15) is 20.2 Å². The van der Waals surface area contributed by atoms with E-state index in [0.717, 1.165) is 6.07 Å². The third kappa shape index (κ3) is 2.30. The highest BCUT2D eigenvalue weighted by molar-refractivity contribution is 5.92. The lowest BCUT2D eigenvalue weighted by atomic mass is 10.0. The van der Waals surface area contributed by atoms with Gasteiger partial charge in [0.1, 0.15) is 11.0 Å². The Labute approximate surface area is 146 Å². The van der Waals surface area contributed by atoms with Crippen molar-refractivity contribution in [3.8, 4) is 11.8 Å². The van der Waals surface area contributed by atoms with E-state index in [4.69, 9.17) is 4.42 Å². The SMILES string of the molecule is N#CC1c2ccccc2-n2nncc2CN1C(=O)c1ccc([N+](=O)[O-])o1. The molecule has 3 heterocycles. The molecule has 10 nitrogen and oxygen atoms in total. The number of hydrogen-bond acceptors (Lipinski definition) is 7. The third-order valence-electron chi connectivity index (χ3n) is 4.09. The van der Waals surface area contributed by atoms with Gasteiger partial charge in [0.2, 0.25) is 0 Å². The summed E-state index contributed by atoms with van der Waals surface area (Å²) in [4.78, 5) is 24.3. The average molecular weight is 350 g/mol. The fourth-order valence-corrected chi connectivity index (χ4v) is 2.92. The average Bonchev–Trinajstić information content (AvgIpc) is 3.29. The topological polar surface area (TPSA) is 131 Å². The Hall–Kier alpha value is -4.00. The van der Waals surface area contributed by atoms with Crippen LogP contribution in [0.4, 0.5) is 5.88 Å². The molecule has 0 radical (unpaired) electrons. The zero-order valence-corrected chi connectivity index (χ0v) is 13.1. The molecule has 1 atom stereocenters. The molecular weight excluding hydrogens is 340 g/mol. The summed E-state index contributed by atoms with van der Waals surface area (Å²) >= 11 is 0. The number of nitriles is 1. The predicted molar refractivity (Wildman–Crippen MR) is 84.9 cm³/mol. The van der Waals surface area contributed by atoms with E-state index < -0.39 is 22.8 Å². The van der Waals surface area contributed by atoms with Crippen LogP contribution in [0.5, 0.6) is 0 Å². The van der Waals surface area contributed by atoms with Crippen molar-refractivity contribution >= 4 is 11.8 Å². The first-order chi connectivity index (χ1) is 12.6. The second-order valence-electron chi connectivity index (χ2n) is 5.56. The molecule has 4 rings (SSSR count). The van der Waals surface area contributed by atoms with Crippen LogP contribution < -0.4 is 0 Å². The highest BCUT2D eigenvalue weighted by atomic mass is 16.6. The molecule has 0 fully saturated rings. The molecule has 10 heteroatoms. The summed E-state index contributed by atoms with van der Waals surface area (Å²) in [5.41, 5.74) is 1.82. The molecule has 1 aromatic carbocycles. The fraction of sp³-hybridized carbons (Fsp3) is 0.125. The van der Waals surface area contributed by atoms with Gasteiger partial charge in [-0.05, 0) is 12.1 Å². The Morgan fingerprint density at radius 2 is 2.15 bits per heavy atom. The third-order valence-corrected chi connectivity index (χ3v) is 4.09. The molecule has 1 amide bonds. The second kappa shape index (κ2) is 5.82. The summed E-state index contributed by atoms with van der Waals surface area (Å²) in [5, 5.41) is 28.4. The first-order valence-electron chi connectivity index (χ1n) is 7.54. The molecule has 0 bridgehead atoms. The van der Waals surface area contributed by atoms with Gasteiger partial charge in [-0.3, -0.25) is 14.9 Å². The van der Waals surface area contributed by atoms with E-state index >= 15 is 0 Å². The molecule has 26 heavy (non-hydrogen) atoms. The van der Waals surface area contributed by atoms with Crippen molar-refractivity contribution in [1.82, 2.24) is 19.9 Å². The Morgan fingerprint density at radius 1 is 1.35 bits per heavy atom. The van der Waals surface area contributed by atoms with Gasteiger partial charge in [0.15, 0.2) is 5.76 Å². The van der Waals surface area contributed by atoms with Gasteiger partial charge in [-0.1, -0.05) is 23.4 Å². The first-order valence-corrected chi connectivity index (χ1v) is 7.54. The van der Waals surface area contributed by atoms with Gasteiger partial charge < -0.3 is 9.32 Å². The molecule has 0 saturated carbocycles. The highest BCUT2D eigenvalue weighted by Crippen LogP contribution is 2.33. The van der Waals surface area contributed by atoms with Gasteiger partial charge in [-0.2, -0.15) is 5.26 Å². The van der Waals surface area contributed by atoms with E-state index in [1.165, 1.54) is 17.2 Å². The maximum absolute atomic E-state index is 12.9. The smallest absolute Gasteiger partial charge is 0.395 e. The molecule has 0 aliphatic carbocycles. The minimum Gasteiger partial charge on any atom is -0.395 e. The number of nitro groups is 1. The molecule has 128 valence electrons. The van der Waals surface area contributed by atoms with Gasteiger partial charge in [0, 0.05) is 5.56 Å². The molecule has 1 unspecified atom stereocenters. The molecule has 1 aliphatic heterocycles. The van der Waals surface area contributed by atoms with Crippen molar-refractivity contribution in [2.45, 2.75) is 12.6 Å². The number of benzene rings is 1. The Kier molecular flexibility index (Phi) is 3.47. The number of rotatable bonds is 2. The van der Waals surface area contributed by atoms with E-state index in [1.807, 2.05) is 0 Å². The van der Waals surface area contributed by atoms with Crippen molar-refractivity contribution in [2.24, 2.45) is 0 Å². The van der Waals surface area contributed by atoms with Crippen LogP contribution >= 0.6 is 0 Å². The standard InChI is InChI=1S/C16H10N6O4/c17-7-13-11-3-1-2-4-12(11)21-10(8-18-19-21)9-20(13)16(23)14-5-6-15(26-14)22(24)25/h1-6,8,13H,9H2. The van der Waals surface area contributed by atoms with Crippen LogP contribution in [-0.2, 0) is 6.54 Å². The quantitative estimate of drug-likeness (QED) is 0.510. The van der Waals surface area contributed by atoms with Crippen LogP contribution in [0.1, 0.15) is 27.9 Å². The van der Waals surface area contributed by atoms with Gasteiger partial charge in [-0.25, -0.2) is 4.68 Å². The molecule has 0 saturated heterocycles. The van der Waals surface area contributed by atoms with Crippen LogP contribution in [0.2, 0.25) is 0 Å². The molecule has 3 aromatic rings. The summed E-state index contributed by atoms with van der Waals surface area (Å²) in [6.07, 6.45) is 1.50. The van der Waals surface area contributed by atoms with Crippen LogP contribution in [0.3, 0.4) is 0 Å². The van der Waals surface area contributed by atoms with Gasteiger partial charge in [-0.15, -0.1) is 5.10 Å². The molecular formula is C16H10N6O4. The van der Waals surface area contributed by atoms with Crippen LogP contribution in [0, 0.1) is 21.4 Å². The zero-order valence-electron chi connectivity index (χ0n) is 13.1.